The van der Waals surface area contributed by atoms with Crippen LogP contribution in [0.3, 0.4) is 0 Å². The molecule has 0 saturated carbocycles. The highest BCUT2D eigenvalue weighted by Crippen LogP contribution is 2.19. The van der Waals surface area contributed by atoms with Gasteiger partial charge in [0.2, 0.25) is 5.91 Å². The number of rotatable bonds is 4. The van der Waals surface area contributed by atoms with E-state index in [1.165, 1.54) is 11.3 Å². The maximum absolute atomic E-state index is 12.0. The smallest absolute Gasteiger partial charge is 0.238 e. The Kier molecular flexibility index (Phi) is 3.66. The first-order chi connectivity index (χ1) is 9.70. The molecule has 1 saturated heterocycles. The Balaban J connectivity index is 1.60. The molecule has 1 aromatic carbocycles. The van der Waals surface area contributed by atoms with Gasteiger partial charge in [-0.15, -0.1) is 11.3 Å². The molecule has 0 spiro atoms. The van der Waals surface area contributed by atoms with Crippen molar-refractivity contribution in [1.82, 2.24) is 14.8 Å². The van der Waals surface area contributed by atoms with Gasteiger partial charge in [-0.1, -0.05) is 30.3 Å². The molecule has 0 radical (unpaired) electrons. The van der Waals surface area contributed by atoms with Gasteiger partial charge in [0.05, 0.1) is 13.2 Å². The van der Waals surface area contributed by atoms with Crippen LogP contribution in [0.15, 0.2) is 36.5 Å². The summed E-state index contributed by atoms with van der Waals surface area (Å²) in [6.45, 7) is 2.52. The number of carbonyl (C=O) groups is 1. The molecule has 0 atom stereocenters. The van der Waals surface area contributed by atoms with E-state index in [9.17, 15) is 4.79 Å². The summed E-state index contributed by atoms with van der Waals surface area (Å²) in [5.74, 6) is 0.173. The molecule has 20 heavy (non-hydrogen) atoms. The molecule has 2 N–H and O–H groups in total. The molecular weight excluding hydrogens is 272 g/mol. The SMILES string of the molecule is Nc1ncc(CN2CC(=O)N(Cc3ccccc3)C2)s1. The summed E-state index contributed by atoms with van der Waals surface area (Å²) in [4.78, 5) is 21.1. The molecule has 1 aliphatic heterocycles. The van der Waals surface area contributed by atoms with Crippen molar-refractivity contribution in [2.24, 2.45) is 0 Å². The van der Waals surface area contributed by atoms with Crippen LogP contribution in [0.1, 0.15) is 10.4 Å². The number of hydrogen-bond donors (Lipinski definition) is 1. The van der Waals surface area contributed by atoms with Gasteiger partial charge in [0.15, 0.2) is 5.13 Å². The molecule has 1 aliphatic rings. The van der Waals surface area contributed by atoms with Crippen LogP contribution < -0.4 is 5.73 Å². The van der Waals surface area contributed by atoms with E-state index in [4.69, 9.17) is 5.73 Å². The topological polar surface area (TPSA) is 62.5 Å². The summed E-state index contributed by atoms with van der Waals surface area (Å²) in [5.41, 5.74) is 6.78. The molecule has 3 rings (SSSR count). The minimum Gasteiger partial charge on any atom is -0.375 e. The van der Waals surface area contributed by atoms with Crippen LogP contribution in [0, 0.1) is 0 Å². The fourth-order valence-electron chi connectivity index (χ4n) is 2.33. The maximum Gasteiger partial charge on any atom is 0.238 e. The average molecular weight is 288 g/mol. The number of benzene rings is 1. The summed E-state index contributed by atoms with van der Waals surface area (Å²) >= 11 is 1.48. The van der Waals surface area contributed by atoms with Gasteiger partial charge in [-0.3, -0.25) is 9.69 Å². The number of nitrogen functional groups attached to an aromatic ring is 1. The third kappa shape index (κ3) is 2.97. The van der Waals surface area contributed by atoms with Gasteiger partial charge in [0, 0.05) is 24.2 Å². The molecule has 0 bridgehead atoms. The van der Waals surface area contributed by atoms with Gasteiger partial charge in [0.1, 0.15) is 0 Å². The number of nitrogens with zero attached hydrogens (tertiary/aromatic N) is 3. The molecule has 1 amide bonds. The molecular formula is C14H16N4OS. The Morgan fingerprint density at radius 3 is 2.75 bits per heavy atom. The second-order valence-corrected chi connectivity index (χ2v) is 6.02. The van der Waals surface area contributed by atoms with Crippen LogP contribution in [0.2, 0.25) is 0 Å². The molecule has 2 aromatic rings. The number of thiazole rings is 1. The van der Waals surface area contributed by atoms with Crippen molar-refractivity contribution in [3.63, 3.8) is 0 Å². The largest absolute Gasteiger partial charge is 0.375 e. The quantitative estimate of drug-likeness (QED) is 0.926. The van der Waals surface area contributed by atoms with Crippen LogP contribution >= 0.6 is 11.3 Å². The van der Waals surface area contributed by atoms with Crippen LogP contribution in [-0.4, -0.2) is 33.9 Å². The Bertz CT molecular complexity index is 598. The van der Waals surface area contributed by atoms with Crippen molar-refractivity contribution in [3.05, 3.63) is 47.0 Å². The second kappa shape index (κ2) is 5.60. The first-order valence-electron chi connectivity index (χ1n) is 6.45. The van der Waals surface area contributed by atoms with E-state index in [1.807, 2.05) is 35.2 Å². The van der Waals surface area contributed by atoms with Gasteiger partial charge < -0.3 is 10.6 Å². The first-order valence-corrected chi connectivity index (χ1v) is 7.26. The van der Waals surface area contributed by atoms with Crippen molar-refractivity contribution >= 4 is 22.4 Å². The summed E-state index contributed by atoms with van der Waals surface area (Å²) in [5, 5.41) is 0.576. The van der Waals surface area contributed by atoms with E-state index < -0.39 is 0 Å². The minimum absolute atomic E-state index is 0.173. The maximum atomic E-state index is 12.0. The van der Waals surface area contributed by atoms with E-state index in [1.54, 1.807) is 6.20 Å². The number of carbonyl (C=O) groups excluding carboxylic acids is 1. The molecule has 0 unspecified atom stereocenters. The standard InChI is InChI=1S/C14H16N4OS/c15-14-16-6-12(20-14)8-17-9-13(19)18(10-17)7-11-4-2-1-3-5-11/h1-6H,7-10H2,(H2,15,16). The Morgan fingerprint density at radius 1 is 1.25 bits per heavy atom. The van der Waals surface area contributed by atoms with E-state index in [0.717, 1.165) is 17.0 Å². The molecule has 1 aromatic heterocycles. The lowest BCUT2D eigenvalue weighted by Crippen LogP contribution is -2.26. The van der Waals surface area contributed by atoms with E-state index >= 15 is 0 Å². The minimum atomic E-state index is 0.173. The number of nitrogens with two attached hydrogens (primary N) is 1. The van der Waals surface area contributed by atoms with Crippen LogP contribution in [0.5, 0.6) is 0 Å². The second-order valence-electron chi connectivity index (χ2n) is 4.87. The summed E-state index contributed by atoms with van der Waals surface area (Å²) in [7, 11) is 0. The lowest BCUT2D eigenvalue weighted by molar-refractivity contribution is -0.127. The molecule has 5 nitrogen and oxygen atoms in total. The highest BCUT2D eigenvalue weighted by molar-refractivity contribution is 7.15. The normalized spacial score (nSPS) is 16.0. The van der Waals surface area contributed by atoms with E-state index in [0.29, 0.717) is 24.9 Å². The summed E-state index contributed by atoms with van der Waals surface area (Å²) < 4.78 is 0. The first kappa shape index (κ1) is 13.1. The van der Waals surface area contributed by atoms with Crippen molar-refractivity contribution in [1.29, 1.82) is 0 Å². The van der Waals surface area contributed by atoms with Crippen molar-refractivity contribution in [2.45, 2.75) is 13.1 Å². The Hall–Kier alpha value is -1.92. The Morgan fingerprint density at radius 2 is 2.05 bits per heavy atom. The molecule has 104 valence electrons. The zero-order valence-electron chi connectivity index (χ0n) is 11.0. The number of hydrogen-bond acceptors (Lipinski definition) is 5. The van der Waals surface area contributed by atoms with Gasteiger partial charge in [-0.2, -0.15) is 0 Å². The predicted molar refractivity (Wildman–Crippen MR) is 78.8 cm³/mol. The lowest BCUT2D eigenvalue weighted by atomic mass is 10.2. The molecule has 2 heterocycles. The van der Waals surface area contributed by atoms with Crippen molar-refractivity contribution in [3.8, 4) is 0 Å². The zero-order chi connectivity index (χ0) is 13.9. The van der Waals surface area contributed by atoms with Crippen LogP contribution in [0.25, 0.3) is 0 Å². The molecule has 6 heteroatoms. The van der Waals surface area contributed by atoms with Crippen LogP contribution in [-0.2, 0) is 17.9 Å². The highest BCUT2D eigenvalue weighted by Gasteiger charge is 2.27. The summed E-state index contributed by atoms with van der Waals surface area (Å²) in [6, 6.07) is 10.1. The monoisotopic (exact) mass is 288 g/mol. The average Bonchev–Trinajstić information content (AvgIpc) is 2.98. The number of anilines is 1. The van der Waals surface area contributed by atoms with Gasteiger partial charge >= 0.3 is 0 Å². The fourth-order valence-corrected chi connectivity index (χ4v) is 3.05. The van der Waals surface area contributed by atoms with Gasteiger partial charge in [-0.25, -0.2) is 4.98 Å². The summed E-state index contributed by atoms with van der Waals surface area (Å²) in [6.07, 6.45) is 1.78. The third-order valence-electron chi connectivity index (χ3n) is 3.25. The predicted octanol–water partition coefficient (Wildman–Crippen LogP) is 1.53. The molecule has 0 aliphatic carbocycles. The van der Waals surface area contributed by atoms with E-state index in [2.05, 4.69) is 9.88 Å². The van der Waals surface area contributed by atoms with Gasteiger partial charge in [-0.05, 0) is 5.56 Å². The van der Waals surface area contributed by atoms with E-state index in [-0.39, 0.29) is 5.91 Å². The van der Waals surface area contributed by atoms with Crippen LogP contribution in [0.4, 0.5) is 5.13 Å². The van der Waals surface area contributed by atoms with Crippen molar-refractivity contribution in [2.75, 3.05) is 18.9 Å². The molecule has 1 fully saturated rings. The third-order valence-corrected chi connectivity index (χ3v) is 4.06. The Labute approximate surface area is 121 Å². The van der Waals surface area contributed by atoms with Crippen molar-refractivity contribution < 1.29 is 4.79 Å². The van der Waals surface area contributed by atoms with Gasteiger partial charge in [0.25, 0.3) is 0 Å². The highest BCUT2D eigenvalue weighted by atomic mass is 32.1. The lowest BCUT2D eigenvalue weighted by Gasteiger charge is -2.17. The zero-order valence-corrected chi connectivity index (χ0v) is 11.8. The fraction of sp³-hybridized carbons (Fsp3) is 0.286. The number of aromatic nitrogens is 1. The number of amides is 1.